The van der Waals surface area contributed by atoms with Crippen molar-refractivity contribution in [2.24, 2.45) is 0 Å². The van der Waals surface area contributed by atoms with Gasteiger partial charge in [0.15, 0.2) is 0 Å². The van der Waals surface area contributed by atoms with E-state index in [0.717, 1.165) is 12.8 Å². The van der Waals surface area contributed by atoms with Gasteiger partial charge in [0.05, 0.1) is 5.56 Å². The van der Waals surface area contributed by atoms with Gasteiger partial charge in [0.25, 0.3) is 0 Å². The minimum Gasteiger partial charge on any atom is -0.456 e. The maximum atomic E-state index is 11.9. The van der Waals surface area contributed by atoms with Crippen molar-refractivity contribution in [3.8, 4) is 0 Å². The number of carbonyl (C=O) groups is 1. The summed E-state index contributed by atoms with van der Waals surface area (Å²) >= 11 is 0. The molecule has 0 spiro atoms. The van der Waals surface area contributed by atoms with Crippen LogP contribution < -0.4 is 0 Å². The highest BCUT2D eigenvalue weighted by molar-refractivity contribution is 5.90. The Balaban J connectivity index is 2.19. The summed E-state index contributed by atoms with van der Waals surface area (Å²) in [4.78, 5) is 11.9. The van der Waals surface area contributed by atoms with E-state index in [1.165, 1.54) is 24.0 Å². The van der Waals surface area contributed by atoms with Crippen molar-refractivity contribution in [2.75, 3.05) is 0 Å². The van der Waals surface area contributed by atoms with E-state index in [2.05, 4.69) is 6.07 Å². The molecule has 0 heterocycles. The van der Waals surface area contributed by atoms with Crippen molar-refractivity contribution >= 4 is 5.97 Å². The molecule has 0 fully saturated rings. The minimum atomic E-state index is -0.424. The molecule has 2 heteroatoms. The smallest absolute Gasteiger partial charge is 0.338 e. The average Bonchev–Trinajstić information content (AvgIpc) is 2.26. The highest BCUT2D eigenvalue weighted by Gasteiger charge is 2.19. The van der Waals surface area contributed by atoms with Crippen LogP contribution in [0.4, 0.5) is 0 Å². The second-order valence-electron chi connectivity index (χ2n) is 5.69. The maximum Gasteiger partial charge on any atom is 0.338 e. The Morgan fingerprint density at radius 3 is 2.41 bits per heavy atom. The van der Waals surface area contributed by atoms with Crippen LogP contribution in [0.1, 0.15) is 55.1 Å². The van der Waals surface area contributed by atoms with Gasteiger partial charge < -0.3 is 4.74 Å². The summed E-state index contributed by atoms with van der Waals surface area (Å²) in [5.74, 6) is -0.217. The SMILES string of the molecule is CC(C)(C)OC(=O)c1ccc2c(c1)CCCC2. The van der Waals surface area contributed by atoms with Crippen molar-refractivity contribution in [1.29, 1.82) is 0 Å². The summed E-state index contributed by atoms with van der Waals surface area (Å²) in [6, 6.07) is 5.97. The fourth-order valence-electron chi connectivity index (χ4n) is 2.20. The number of ether oxygens (including phenoxy) is 1. The van der Waals surface area contributed by atoms with Gasteiger partial charge in [0.1, 0.15) is 5.60 Å². The molecule has 0 unspecified atom stereocenters. The third kappa shape index (κ3) is 3.09. The van der Waals surface area contributed by atoms with Gasteiger partial charge >= 0.3 is 5.97 Å². The lowest BCUT2D eigenvalue weighted by molar-refractivity contribution is 0.00694. The van der Waals surface area contributed by atoms with Crippen LogP contribution in [0.2, 0.25) is 0 Å². The summed E-state index contributed by atoms with van der Waals surface area (Å²) in [5.41, 5.74) is 2.97. The van der Waals surface area contributed by atoms with Crippen LogP contribution in [-0.2, 0) is 17.6 Å². The normalized spacial score (nSPS) is 15.2. The summed E-state index contributed by atoms with van der Waals surface area (Å²) < 4.78 is 5.38. The van der Waals surface area contributed by atoms with Gasteiger partial charge in [0, 0.05) is 0 Å². The Kier molecular flexibility index (Phi) is 3.23. The van der Waals surface area contributed by atoms with Crippen molar-refractivity contribution in [1.82, 2.24) is 0 Å². The van der Waals surface area contributed by atoms with Crippen molar-refractivity contribution < 1.29 is 9.53 Å². The lowest BCUT2D eigenvalue weighted by Gasteiger charge is -2.21. The van der Waals surface area contributed by atoms with Crippen LogP contribution in [0, 0.1) is 0 Å². The van der Waals surface area contributed by atoms with E-state index in [1.54, 1.807) is 0 Å². The molecule has 1 aromatic rings. The molecular formula is C15H20O2. The van der Waals surface area contributed by atoms with Gasteiger partial charge in [-0.25, -0.2) is 4.79 Å². The number of benzene rings is 1. The van der Waals surface area contributed by atoms with E-state index in [9.17, 15) is 4.79 Å². The van der Waals surface area contributed by atoms with Crippen molar-refractivity contribution in [3.63, 3.8) is 0 Å². The molecule has 1 aliphatic rings. The van der Waals surface area contributed by atoms with Gasteiger partial charge in [0.2, 0.25) is 0 Å². The first-order chi connectivity index (χ1) is 7.96. The molecule has 0 amide bonds. The van der Waals surface area contributed by atoms with Crippen LogP contribution in [0.3, 0.4) is 0 Å². The molecular weight excluding hydrogens is 212 g/mol. The van der Waals surface area contributed by atoms with Crippen molar-refractivity contribution in [3.05, 3.63) is 34.9 Å². The molecule has 0 saturated carbocycles. The first kappa shape index (κ1) is 12.2. The molecule has 2 rings (SSSR count). The van der Waals surface area contributed by atoms with Crippen LogP contribution in [0.5, 0.6) is 0 Å². The highest BCUT2D eigenvalue weighted by Crippen LogP contribution is 2.23. The molecule has 0 radical (unpaired) electrons. The fraction of sp³-hybridized carbons (Fsp3) is 0.533. The molecule has 0 saturated heterocycles. The predicted octanol–water partition coefficient (Wildman–Crippen LogP) is 3.52. The van der Waals surface area contributed by atoms with Crippen LogP contribution in [-0.4, -0.2) is 11.6 Å². The first-order valence-corrected chi connectivity index (χ1v) is 6.31. The number of hydrogen-bond donors (Lipinski definition) is 0. The molecule has 0 atom stereocenters. The lowest BCUT2D eigenvalue weighted by atomic mass is 9.90. The number of fused-ring (bicyclic) bond motifs is 1. The summed E-state index contributed by atoms with van der Waals surface area (Å²) in [6.45, 7) is 5.68. The Hall–Kier alpha value is -1.31. The first-order valence-electron chi connectivity index (χ1n) is 6.31. The second-order valence-corrected chi connectivity index (χ2v) is 5.69. The minimum absolute atomic E-state index is 0.217. The summed E-state index contributed by atoms with van der Waals surface area (Å²) in [5, 5.41) is 0. The lowest BCUT2D eigenvalue weighted by Crippen LogP contribution is -2.24. The standard InChI is InChI=1S/C15H20O2/c1-15(2,3)17-14(16)13-9-8-11-6-4-5-7-12(11)10-13/h8-10H,4-7H2,1-3H3. The summed E-state index contributed by atoms with van der Waals surface area (Å²) in [6.07, 6.45) is 4.72. The highest BCUT2D eigenvalue weighted by atomic mass is 16.6. The van der Waals surface area contributed by atoms with Gasteiger partial charge in [-0.1, -0.05) is 6.07 Å². The Bertz CT molecular complexity index is 427. The molecule has 17 heavy (non-hydrogen) atoms. The van der Waals surface area contributed by atoms with E-state index in [-0.39, 0.29) is 5.97 Å². The van der Waals surface area contributed by atoms with Gasteiger partial charge in [-0.05, 0) is 69.7 Å². The molecule has 2 nitrogen and oxygen atoms in total. The Morgan fingerprint density at radius 2 is 1.76 bits per heavy atom. The molecule has 0 bridgehead atoms. The van der Waals surface area contributed by atoms with E-state index >= 15 is 0 Å². The number of esters is 1. The monoisotopic (exact) mass is 232 g/mol. The van der Waals surface area contributed by atoms with E-state index in [1.807, 2.05) is 32.9 Å². The van der Waals surface area contributed by atoms with Crippen LogP contribution in [0.15, 0.2) is 18.2 Å². The fourth-order valence-corrected chi connectivity index (χ4v) is 2.20. The third-order valence-corrected chi connectivity index (χ3v) is 2.98. The molecule has 1 aliphatic carbocycles. The quantitative estimate of drug-likeness (QED) is 0.692. The van der Waals surface area contributed by atoms with Gasteiger partial charge in [-0.3, -0.25) is 0 Å². The number of aryl methyl sites for hydroxylation is 2. The second kappa shape index (κ2) is 4.52. The molecule has 92 valence electrons. The third-order valence-electron chi connectivity index (χ3n) is 2.98. The molecule has 1 aromatic carbocycles. The zero-order valence-electron chi connectivity index (χ0n) is 10.9. The molecule has 0 aromatic heterocycles. The summed E-state index contributed by atoms with van der Waals surface area (Å²) in [7, 11) is 0. The van der Waals surface area contributed by atoms with Gasteiger partial charge in [-0.2, -0.15) is 0 Å². The number of hydrogen-bond acceptors (Lipinski definition) is 2. The Labute approximate surface area is 103 Å². The van der Waals surface area contributed by atoms with Crippen molar-refractivity contribution in [2.45, 2.75) is 52.1 Å². The maximum absolute atomic E-state index is 11.9. The van der Waals surface area contributed by atoms with Gasteiger partial charge in [-0.15, -0.1) is 0 Å². The predicted molar refractivity (Wildman–Crippen MR) is 68.3 cm³/mol. The number of carbonyl (C=O) groups excluding carboxylic acids is 1. The topological polar surface area (TPSA) is 26.3 Å². The zero-order valence-corrected chi connectivity index (χ0v) is 10.9. The largest absolute Gasteiger partial charge is 0.456 e. The van der Waals surface area contributed by atoms with Crippen LogP contribution >= 0.6 is 0 Å². The van der Waals surface area contributed by atoms with E-state index in [4.69, 9.17) is 4.74 Å². The van der Waals surface area contributed by atoms with E-state index in [0.29, 0.717) is 5.56 Å². The number of rotatable bonds is 1. The average molecular weight is 232 g/mol. The Morgan fingerprint density at radius 1 is 1.12 bits per heavy atom. The zero-order chi connectivity index (χ0) is 12.5. The van der Waals surface area contributed by atoms with E-state index < -0.39 is 5.60 Å². The van der Waals surface area contributed by atoms with Crippen LogP contribution in [0.25, 0.3) is 0 Å². The molecule has 0 N–H and O–H groups in total. The molecule has 0 aliphatic heterocycles.